The first-order valence-corrected chi connectivity index (χ1v) is 6.92. The van der Waals surface area contributed by atoms with Crippen LogP contribution in [0, 0.1) is 0 Å². The number of nitrogens with one attached hydrogen (secondary N) is 1. The summed E-state index contributed by atoms with van der Waals surface area (Å²) in [7, 11) is 1.21. The Morgan fingerprint density at radius 3 is 2.43 bits per heavy atom. The molecule has 0 aromatic heterocycles. The standard InChI is InChI=1S/C13H24N2O6/c1-3-4-7-15(8-9-16)13(20)14-10(12(18)19)5-6-11(17)21-2/h10,16H,3-9H2,1-2H3,(H,14,20)(H,18,19)/t10-/m1/s1. The first kappa shape index (κ1) is 19.2. The number of amides is 2. The van der Waals surface area contributed by atoms with Gasteiger partial charge in [0.2, 0.25) is 0 Å². The summed E-state index contributed by atoms with van der Waals surface area (Å²) in [6, 6.07) is -1.73. The van der Waals surface area contributed by atoms with Crippen LogP contribution in [0.4, 0.5) is 4.79 Å². The second-order valence-electron chi connectivity index (χ2n) is 4.52. The van der Waals surface area contributed by atoms with Crippen molar-refractivity contribution < 1.29 is 29.3 Å². The van der Waals surface area contributed by atoms with Gasteiger partial charge in [-0.05, 0) is 12.8 Å². The second-order valence-corrected chi connectivity index (χ2v) is 4.52. The fourth-order valence-electron chi connectivity index (χ4n) is 1.65. The first-order valence-electron chi connectivity index (χ1n) is 6.92. The highest BCUT2D eigenvalue weighted by atomic mass is 16.5. The van der Waals surface area contributed by atoms with Crippen LogP contribution in [-0.2, 0) is 14.3 Å². The lowest BCUT2D eigenvalue weighted by Crippen LogP contribution is -2.49. The molecule has 3 N–H and O–H groups in total. The first-order chi connectivity index (χ1) is 9.96. The van der Waals surface area contributed by atoms with E-state index in [2.05, 4.69) is 10.1 Å². The molecule has 0 heterocycles. The van der Waals surface area contributed by atoms with Crippen LogP contribution in [0.5, 0.6) is 0 Å². The minimum atomic E-state index is -1.22. The summed E-state index contributed by atoms with van der Waals surface area (Å²) in [6.07, 6.45) is 1.49. The van der Waals surface area contributed by atoms with E-state index < -0.39 is 24.0 Å². The lowest BCUT2D eigenvalue weighted by Gasteiger charge is -2.24. The Labute approximate surface area is 124 Å². The van der Waals surface area contributed by atoms with E-state index in [1.54, 1.807) is 0 Å². The van der Waals surface area contributed by atoms with Crippen molar-refractivity contribution in [1.29, 1.82) is 0 Å². The predicted octanol–water partition coefficient (Wildman–Crippen LogP) is 0.197. The van der Waals surface area contributed by atoms with Crippen molar-refractivity contribution in [2.75, 3.05) is 26.8 Å². The van der Waals surface area contributed by atoms with Crippen LogP contribution in [0.25, 0.3) is 0 Å². The second kappa shape index (κ2) is 10.9. The Kier molecular flexibility index (Phi) is 9.95. The Morgan fingerprint density at radius 1 is 1.29 bits per heavy atom. The van der Waals surface area contributed by atoms with Crippen LogP contribution in [0.1, 0.15) is 32.6 Å². The molecule has 8 heteroatoms. The molecule has 122 valence electrons. The van der Waals surface area contributed by atoms with Gasteiger partial charge in [0.1, 0.15) is 6.04 Å². The molecule has 0 aliphatic heterocycles. The molecule has 0 radical (unpaired) electrons. The van der Waals surface area contributed by atoms with Crippen molar-refractivity contribution in [2.45, 2.75) is 38.6 Å². The molecular formula is C13H24N2O6. The molecule has 0 fully saturated rings. The molecule has 0 saturated carbocycles. The molecule has 0 saturated heterocycles. The maximum absolute atomic E-state index is 12.0. The fourth-order valence-corrected chi connectivity index (χ4v) is 1.65. The number of aliphatic hydroxyl groups is 1. The summed E-state index contributed by atoms with van der Waals surface area (Å²) in [6.45, 7) is 2.34. The number of rotatable bonds is 10. The largest absolute Gasteiger partial charge is 0.480 e. The number of hydrogen-bond acceptors (Lipinski definition) is 5. The van der Waals surface area contributed by atoms with Gasteiger partial charge in [0.15, 0.2) is 0 Å². The van der Waals surface area contributed by atoms with Crippen molar-refractivity contribution >= 4 is 18.0 Å². The summed E-state index contributed by atoms with van der Waals surface area (Å²) in [4.78, 5) is 35.5. The predicted molar refractivity (Wildman–Crippen MR) is 74.8 cm³/mol. The number of carboxylic acid groups (broad SMARTS) is 1. The zero-order chi connectivity index (χ0) is 16.3. The van der Waals surface area contributed by atoms with E-state index >= 15 is 0 Å². The van der Waals surface area contributed by atoms with Gasteiger partial charge in [0.05, 0.1) is 13.7 Å². The molecule has 0 aliphatic carbocycles. The summed E-state index contributed by atoms with van der Waals surface area (Å²) in [5.74, 6) is -1.75. The number of esters is 1. The van der Waals surface area contributed by atoms with Gasteiger partial charge < -0.3 is 25.2 Å². The van der Waals surface area contributed by atoms with E-state index in [0.29, 0.717) is 6.54 Å². The summed E-state index contributed by atoms with van der Waals surface area (Å²) >= 11 is 0. The van der Waals surface area contributed by atoms with Gasteiger partial charge in [-0.2, -0.15) is 0 Å². The molecule has 2 amide bonds. The molecule has 0 bridgehead atoms. The van der Waals surface area contributed by atoms with Gasteiger partial charge in [-0.25, -0.2) is 9.59 Å². The third-order valence-electron chi connectivity index (χ3n) is 2.90. The van der Waals surface area contributed by atoms with Gasteiger partial charge >= 0.3 is 18.0 Å². The highest BCUT2D eigenvalue weighted by Gasteiger charge is 2.23. The van der Waals surface area contributed by atoms with Crippen molar-refractivity contribution in [3.05, 3.63) is 0 Å². The van der Waals surface area contributed by atoms with Crippen molar-refractivity contribution in [1.82, 2.24) is 10.2 Å². The van der Waals surface area contributed by atoms with Gasteiger partial charge in [-0.15, -0.1) is 0 Å². The zero-order valence-corrected chi connectivity index (χ0v) is 12.5. The monoisotopic (exact) mass is 304 g/mol. The van der Waals surface area contributed by atoms with Gasteiger partial charge in [-0.3, -0.25) is 4.79 Å². The quantitative estimate of drug-likeness (QED) is 0.496. The Morgan fingerprint density at radius 2 is 1.95 bits per heavy atom. The third-order valence-corrected chi connectivity index (χ3v) is 2.90. The third kappa shape index (κ3) is 8.13. The van der Waals surface area contributed by atoms with Crippen molar-refractivity contribution in [2.24, 2.45) is 0 Å². The maximum Gasteiger partial charge on any atom is 0.326 e. The number of carbonyl (C=O) groups excluding carboxylic acids is 2. The lowest BCUT2D eigenvalue weighted by atomic mass is 10.1. The van der Waals surface area contributed by atoms with Gasteiger partial charge in [0, 0.05) is 19.5 Å². The highest BCUT2D eigenvalue weighted by Crippen LogP contribution is 2.02. The van der Waals surface area contributed by atoms with Crippen LogP contribution < -0.4 is 5.32 Å². The number of aliphatic carboxylic acids is 1. The molecule has 21 heavy (non-hydrogen) atoms. The van der Waals surface area contributed by atoms with Crippen LogP contribution in [0.2, 0.25) is 0 Å². The normalized spacial score (nSPS) is 11.6. The topological polar surface area (TPSA) is 116 Å². The zero-order valence-electron chi connectivity index (χ0n) is 12.5. The molecule has 0 aliphatic rings. The van der Waals surface area contributed by atoms with Crippen LogP contribution >= 0.6 is 0 Å². The molecule has 1 atom stereocenters. The number of hydrogen-bond donors (Lipinski definition) is 3. The molecule has 0 aromatic carbocycles. The van der Waals surface area contributed by atoms with Crippen LogP contribution in [-0.4, -0.2) is 65.9 Å². The highest BCUT2D eigenvalue weighted by molar-refractivity contribution is 5.83. The minimum absolute atomic E-state index is 0.0471. The number of carboxylic acids is 1. The molecule has 0 rings (SSSR count). The molecule has 8 nitrogen and oxygen atoms in total. The van der Waals surface area contributed by atoms with E-state index in [0.717, 1.165) is 12.8 Å². The number of methoxy groups -OCH3 is 1. The van der Waals surface area contributed by atoms with Crippen molar-refractivity contribution in [3.8, 4) is 0 Å². The number of carbonyl (C=O) groups is 3. The van der Waals surface area contributed by atoms with E-state index in [1.807, 2.05) is 6.92 Å². The van der Waals surface area contributed by atoms with E-state index in [1.165, 1.54) is 12.0 Å². The molecular weight excluding hydrogens is 280 g/mol. The number of urea groups is 1. The van der Waals surface area contributed by atoms with Gasteiger partial charge in [-0.1, -0.05) is 13.3 Å². The van der Waals surface area contributed by atoms with Crippen molar-refractivity contribution in [3.63, 3.8) is 0 Å². The number of nitrogens with zero attached hydrogens (tertiary/aromatic N) is 1. The van der Waals surface area contributed by atoms with E-state index in [-0.39, 0.29) is 26.0 Å². The number of aliphatic hydroxyl groups excluding tert-OH is 1. The Bertz CT molecular complexity index is 348. The van der Waals surface area contributed by atoms with Gasteiger partial charge in [0.25, 0.3) is 0 Å². The van der Waals surface area contributed by atoms with E-state index in [4.69, 9.17) is 10.2 Å². The lowest BCUT2D eigenvalue weighted by molar-refractivity contribution is -0.142. The minimum Gasteiger partial charge on any atom is -0.480 e. The number of unbranched alkanes of at least 4 members (excludes halogenated alkanes) is 1. The summed E-state index contributed by atoms with van der Waals surface area (Å²) < 4.78 is 4.44. The SMILES string of the molecule is CCCCN(CCO)C(=O)N[C@H](CCC(=O)OC)C(=O)O. The smallest absolute Gasteiger partial charge is 0.326 e. The average molecular weight is 304 g/mol. The van der Waals surface area contributed by atoms with E-state index in [9.17, 15) is 14.4 Å². The summed E-state index contributed by atoms with van der Waals surface area (Å²) in [5.41, 5.74) is 0. The van der Waals surface area contributed by atoms with Crippen LogP contribution in [0.15, 0.2) is 0 Å². The van der Waals surface area contributed by atoms with Crippen LogP contribution in [0.3, 0.4) is 0 Å². The average Bonchev–Trinajstić information content (AvgIpc) is 2.46. The Hall–Kier alpha value is -1.83. The molecule has 0 unspecified atom stereocenters. The molecule has 0 aromatic rings. The summed E-state index contributed by atoms with van der Waals surface area (Å²) in [5, 5.41) is 20.4. The maximum atomic E-state index is 12.0. The fraction of sp³-hybridized carbons (Fsp3) is 0.769. The molecule has 0 spiro atoms. The number of ether oxygens (including phenoxy) is 1. The Balaban J connectivity index is 4.54.